The lowest BCUT2D eigenvalue weighted by Crippen LogP contribution is -1.72. The third-order valence-electron chi connectivity index (χ3n) is 1.45. The van der Waals surface area contributed by atoms with Crippen LogP contribution in [0.3, 0.4) is 0 Å². The molecule has 0 bridgehead atoms. The number of nitrogens with zero attached hydrogens (tertiary/aromatic N) is 1. The Bertz CT molecular complexity index is 355. The summed E-state index contributed by atoms with van der Waals surface area (Å²) in [6.45, 7) is 0. The molecule has 0 amide bonds. The normalized spacial score (nSPS) is 10.4. The molecule has 0 aliphatic rings. The van der Waals surface area contributed by atoms with Crippen LogP contribution in [0.5, 0.6) is 0 Å². The Labute approximate surface area is 82.5 Å². The van der Waals surface area contributed by atoms with Crippen LogP contribution in [0.2, 0.25) is 0 Å². The van der Waals surface area contributed by atoms with Crippen LogP contribution in [-0.2, 0) is 0 Å². The molecule has 0 aromatic carbocycles. The summed E-state index contributed by atoms with van der Waals surface area (Å²) in [4.78, 5) is 8.28. The summed E-state index contributed by atoms with van der Waals surface area (Å²) in [5.41, 5.74) is 3.79. The predicted molar refractivity (Wildman–Crippen MR) is 53.6 cm³/mol. The lowest BCUT2D eigenvalue weighted by Gasteiger charge is -1.86. The number of halogens is 1. The van der Waals surface area contributed by atoms with Gasteiger partial charge in [-0.15, -0.1) is 11.3 Å². The van der Waals surface area contributed by atoms with Crippen LogP contribution in [0.25, 0.3) is 11.4 Å². The van der Waals surface area contributed by atoms with Gasteiger partial charge < -0.3 is 4.98 Å². The third-order valence-corrected chi connectivity index (χ3v) is 2.99. The van der Waals surface area contributed by atoms with Crippen molar-refractivity contribution in [1.82, 2.24) is 9.97 Å². The zero-order chi connectivity index (χ0) is 8.39. The van der Waals surface area contributed by atoms with E-state index >= 15 is 0 Å². The monoisotopic (exact) mass is 216 g/mol. The number of thiazole rings is 1. The molecule has 12 heavy (non-hydrogen) atoms. The third kappa shape index (κ3) is 1.50. The second kappa shape index (κ2) is 3.51. The highest BCUT2D eigenvalue weighted by molar-refractivity contribution is 8.21. The molecule has 0 unspecified atom stereocenters. The highest BCUT2D eigenvalue weighted by Crippen LogP contribution is 2.26. The summed E-state index contributed by atoms with van der Waals surface area (Å²) in [6.07, 6.45) is 1.87. The lowest BCUT2D eigenvalue weighted by atomic mass is 10.3. The molecule has 0 fully saturated rings. The highest BCUT2D eigenvalue weighted by atomic mass is 35.7. The zero-order valence-corrected chi connectivity index (χ0v) is 8.34. The van der Waals surface area contributed by atoms with Crippen LogP contribution < -0.4 is 0 Å². The van der Waals surface area contributed by atoms with Crippen molar-refractivity contribution in [1.29, 1.82) is 0 Å². The smallest absolute Gasteiger partial charge is 0.0973 e. The van der Waals surface area contributed by atoms with Gasteiger partial charge in [0.25, 0.3) is 0 Å². The van der Waals surface area contributed by atoms with Crippen LogP contribution in [0.4, 0.5) is 0 Å². The minimum absolute atomic E-state index is 0.969. The van der Waals surface area contributed by atoms with E-state index in [0.29, 0.717) is 0 Å². The SMILES string of the molecule is ClSc1c[nH]c(-c2cscn2)c1. The van der Waals surface area contributed by atoms with Gasteiger partial charge in [-0.3, -0.25) is 0 Å². The van der Waals surface area contributed by atoms with Crippen molar-refractivity contribution in [2.75, 3.05) is 0 Å². The summed E-state index contributed by atoms with van der Waals surface area (Å²) < 4.78 is 0. The maximum atomic E-state index is 5.58. The fourth-order valence-corrected chi connectivity index (χ4v) is 2.00. The van der Waals surface area contributed by atoms with Crippen LogP contribution in [-0.4, -0.2) is 9.97 Å². The van der Waals surface area contributed by atoms with Gasteiger partial charge in [0.1, 0.15) is 0 Å². The van der Waals surface area contributed by atoms with E-state index in [0.717, 1.165) is 16.3 Å². The quantitative estimate of drug-likeness (QED) is 0.834. The molecule has 2 heterocycles. The van der Waals surface area contributed by atoms with Crippen LogP contribution in [0.1, 0.15) is 0 Å². The molecule has 5 heteroatoms. The fraction of sp³-hybridized carbons (Fsp3) is 0. The molecule has 2 aromatic heterocycles. The van der Waals surface area contributed by atoms with E-state index in [1.54, 1.807) is 11.3 Å². The Morgan fingerprint density at radius 2 is 2.50 bits per heavy atom. The number of hydrogen-bond acceptors (Lipinski definition) is 3. The van der Waals surface area contributed by atoms with Gasteiger partial charge in [0.05, 0.1) is 16.9 Å². The van der Waals surface area contributed by atoms with Crippen molar-refractivity contribution in [3.63, 3.8) is 0 Å². The van der Waals surface area contributed by atoms with Gasteiger partial charge in [-0.05, 0) is 27.7 Å². The van der Waals surface area contributed by atoms with E-state index in [4.69, 9.17) is 10.7 Å². The molecule has 2 nitrogen and oxygen atoms in total. The molecule has 0 saturated carbocycles. The lowest BCUT2D eigenvalue weighted by molar-refractivity contribution is 1.32. The first-order valence-corrected chi connectivity index (χ1v) is 5.84. The molecule has 62 valence electrons. The summed E-state index contributed by atoms with van der Waals surface area (Å²) in [5, 5.41) is 1.99. The van der Waals surface area contributed by atoms with Crippen LogP contribution >= 0.6 is 33.0 Å². The number of rotatable bonds is 2. The first-order valence-electron chi connectivity index (χ1n) is 3.26. The first-order chi connectivity index (χ1) is 5.90. The van der Waals surface area contributed by atoms with Gasteiger partial charge in [-0.1, -0.05) is 0 Å². The molecule has 0 aliphatic heterocycles. The molecule has 2 rings (SSSR count). The topological polar surface area (TPSA) is 28.7 Å². The molecule has 2 aromatic rings. The molecule has 1 N–H and O–H groups in total. The van der Waals surface area contributed by atoms with E-state index in [1.165, 1.54) is 11.0 Å². The first kappa shape index (κ1) is 8.16. The Hall–Kier alpha value is -0.450. The number of hydrogen-bond donors (Lipinski definition) is 1. The van der Waals surface area contributed by atoms with Gasteiger partial charge in [0.15, 0.2) is 0 Å². The van der Waals surface area contributed by atoms with Crippen molar-refractivity contribution in [2.45, 2.75) is 4.90 Å². The second-order valence-electron chi connectivity index (χ2n) is 2.20. The van der Waals surface area contributed by atoms with Crippen LogP contribution in [0, 0.1) is 0 Å². The maximum Gasteiger partial charge on any atom is 0.0973 e. The minimum Gasteiger partial charge on any atom is -0.359 e. The van der Waals surface area contributed by atoms with E-state index in [9.17, 15) is 0 Å². The van der Waals surface area contributed by atoms with Crippen molar-refractivity contribution in [3.8, 4) is 11.4 Å². The largest absolute Gasteiger partial charge is 0.359 e. The van der Waals surface area contributed by atoms with Gasteiger partial charge in [-0.2, -0.15) is 0 Å². The second-order valence-corrected chi connectivity index (χ2v) is 4.01. The van der Waals surface area contributed by atoms with Gasteiger partial charge in [0.2, 0.25) is 0 Å². The van der Waals surface area contributed by atoms with Crippen molar-refractivity contribution >= 4 is 33.0 Å². The van der Waals surface area contributed by atoms with E-state index in [1.807, 2.05) is 23.2 Å². The average Bonchev–Trinajstić information content (AvgIpc) is 2.75. The van der Waals surface area contributed by atoms with Crippen LogP contribution in [0.15, 0.2) is 28.0 Å². The van der Waals surface area contributed by atoms with Gasteiger partial charge >= 0.3 is 0 Å². The molecule has 0 aliphatic carbocycles. The minimum atomic E-state index is 0.969. The Morgan fingerprint density at radius 1 is 1.58 bits per heavy atom. The van der Waals surface area contributed by atoms with E-state index < -0.39 is 0 Å². The molecule has 0 atom stereocenters. The molecular formula is C7H5ClN2S2. The summed E-state index contributed by atoms with van der Waals surface area (Å²) in [7, 11) is 6.78. The zero-order valence-electron chi connectivity index (χ0n) is 5.95. The maximum absolute atomic E-state index is 5.58. The molecule has 0 spiro atoms. The number of nitrogens with one attached hydrogen (secondary N) is 1. The Morgan fingerprint density at radius 3 is 3.08 bits per heavy atom. The van der Waals surface area contributed by atoms with Crippen molar-refractivity contribution in [2.24, 2.45) is 0 Å². The molecule has 0 radical (unpaired) electrons. The molecular weight excluding hydrogens is 212 g/mol. The van der Waals surface area contributed by atoms with E-state index in [2.05, 4.69) is 9.97 Å². The summed E-state index contributed by atoms with van der Waals surface area (Å²) in [6, 6.07) is 1.98. The number of H-pyrrole nitrogens is 1. The summed E-state index contributed by atoms with van der Waals surface area (Å²) >= 11 is 1.58. The predicted octanol–water partition coefficient (Wildman–Crippen LogP) is 3.38. The number of aromatic nitrogens is 2. The van der Waals surface area contributed by atoms with Gasteiger partial charge in [-0.25, -0.2) is 4.98 Å². The molecule has 0 saturated heterocycles. The summed E-state index contributed by atoms with van der Waals surface area (Å²) in [5.74, 6) is 0. The Kier molecular flexibility index (Phi) is 2.39. The van der Waals surface area contributed by atoms with Gasteiger partial charge in [0, 0.05) is 16.5 Å². The number of aromatic amines is 1. The van der Waals surface area contributed by atoms with Crippen molar-refractivity contribution in [3.05, 3.63) is 23.2 Å². The highest BCUT2D eigenvalue weighted by Gasteiger charge is 2.02. The fourth-order valence-electron chi connectivity index (χ4n) is 0.912. The Balaban J connectivity index is 2.35. The van der Waals surface area contributed by atoms with E-state index in [-0.39, 0.29) is 0 Å². The standard InChI is InChI=1S/C7H5ClN2S2/c8-12-5-1-6(9-2-5)7-3-11-4-10-7/h1-4,9H. The average molecular weight is 217 g/mol. The van der Waals surface area contributed by atoms with Crippen molar-refractivity contribution < 1.29 is 0 Å².